The molecular formula is C8H14Cl2N2O. The van der Waals surface area contributed by atoms with Gasteiger partial charge in [-0.15, -0.1) is 24.8 Å². The number of hydrogen-bond donors (Lipinski definition) is 1. The van der Waals surface area contributed by atoms with Crippen molar-refractivity contribution in [2.75, 3.05) is 7.11 Å². The number of ether oxygens (including phenoxy) is 1. The summed E-state index contributed by atoms with van der Waals surface area (Å²) in [6, 6.07) is 5.52. The van der Waals surface area contributed by atoms with Gasteiger partial charge >= 0.3 is 0 Å². The SMILES string of the molecule is COc1cccc([C@@H](C)N)n1.Cl.Cl. The lowest BCUT2D eigenvalue weighted by molar-refractivity contribution is 0.395. The topological polar surface area (TPSA) is 48.1 Å². The molecule has 1 atom stereocenters. The summed E-state index contributed by atoms with van der Waals surface area (Å²) in [4.78, 5) is 4.14. The van der Waals surface area contributed by atoms with Gasteiger partial charge in [-0.05, 0) is 13.0 Å². The van der Waals surface area contributed by atoms with Gasteiger partial charge in [0, 0.05) is 12.1 Å². The highest BCUT2D eigenvalue weighted by atomic mass is 35.5. The van der Waals surface area contributed by atoms with Crippen molar-refractivity contribution in [1.82, 2.24) is 4.98 Å². The van der Waals surface area contributed by atoms with E-state index in [1.54, 1.807) is 13.2 Å². The fourth-order valence-electron chi connectivity index (χ4n) is 0.798. The number of hydrogen-bond acceptors (Lipinski definition) is 3. The number of nitrogens with two attached hydrogens (primary N) is 1. The minimum atomic E-state index is -0.0369. The monoisotopic (exact) mass is 224 g/mol. The summed E-state index contributed by atoms with van der Waals surface area (Å²) in [6.07, 6.45) is 0. The van der Waals surface area contributed by atoms with E-state index in [9.17, 15) is 0 Å². The van der Waals surface area contributed by atoms with E-state index in [0.29, 0.717) is 5.88 Å². The van der Waals surface area contributed by atoms with Crippen LogP contribution in [-0.2, 0) is 0 Å². The molecule has 5 heteroatoms. The second-order valence-corrected chi connectivity index (χ2v) is 2.39. The first-order chi connectivity index (χ1) is 5.24. The maximum Gasteiger partial charge on any atom is 0.213 e. The third kappa shape index (κ3) is 4.31. The minimum absolute atomic E-state index is 0. The summed E-state index contributed by atoms with van der Waals surface area (Å²) in [5.74, 6) is 0.611. The zero-order valence-corrected chi connectivity index (χ0v) is 9.19. The molecule has 0 saturated heterocycles. The Morgan fingerprint density at radius 2 is 2.00 bits per heavy atom. The molecule has 0 aliphatic heterocycles. The molecule has 0 fully saturated rings. The number of halogens is 2. The molecule has 3 nitrogen and oxygen atoms in total. The molecule has 76 valence electrons. The Bertz CT molecular complexity index is 243. The Kier molecular flexibility index (Phi) is 8.01. The average Bonchev–Trinajstić information content (AvgIpc) is 2.05. The van der Waals surface area contributed by atoms with Crippen LogP contribution in [0.5, 0.6) is 5.88 Å². The number of methoxy groups -OCH3 is 1. The van der Waals surface area contributed by atoms with Gasteiger partial charge in [0.25, 0.3) is 0 Å². The predicted octanol–water partition coefficient (Wildman–Crippen LogP) is 1.95. The highest BCUT2D eigenvalue weighted by molar-refractivity contribution is 5.85. The average molecular weight is 225 g/mol. The van der Waals surface area contributed by atoms with Crippen molar-refractivity contribution >= 4 is 24.8 Å². The Hall–Kier alpha value is -0.510. The lowest BCUT2D eigenvalue weighted by Crippen LogP contribution is -2.07. The van der Waals surface area contributed by atoms with Crippen LogP contribution < -0.4 is 10.5 Å². The van der Waals surface area contributed by atoms with E-state index in [0.717, 1.165) is 5.69 Å². The van der Waals surface area contributed by atoms with Gasteiger partial charge in [0.1, 0.15) is 0 Å². The van der Waals surface area contributed by atoms with Crippen molar-refractivity contribution in [3.63, 3.8) is 0 Å². The molecule has 2 N–H and O–H groups in total. The molecule has 1 heterocycles. The highest BCUT2D eigenvalue weighted by Gasteiger charge is 2.00. The van der Waals surface area contributed by atoms with Crippen molar-refractivity contribution < 1.29 is 4.74 Å². The summed E-state index contributed by atoms with van der Waals surface area (Å²) < 4.78 is 4.94. The molecule has 0 bridgehead atoms. The first-order valence-electron chi connectivity index (χ1n) is 3.50. The summed E-state index contributed by atoms with van der Waals surface area (Å²) in [5.41, 5.74) is 6.47. The molecule has 0 aliphatic carbocycles. The normalized spacial score (nSPS) is 10.7. The molecular weight excluding hydrogens is 211 g/mol. The highest BCUT2D eigenvalue weighted by Crippen LogP contribution is 2.10. The van der Waals surface area contributed by atoms with Crippen LogP contribution >= 0.6 is 24.8 Å². The second-order valence-electron chi connectivity index (χ2n) is 2.39. The predicted molar refractivity (Wildman–Crippen MR) is 57.9 cm³/mol. The first-order valence-corrected chi connectivity index (χ1v) is 3.50. The molecule has 0 radical (unpaired) electrons. The van der Waals surface area contributed by atoms with Crippen LogP contribution in [0.15, 0.2) is 18.2 Å². The standard InChI is InChI=1S/C8H12N2O.2ClH/c1-6(9)7-4-3-5-8(10-7)11-2;;/h3-6H,9H2,1-2H3;2*1H/t6-;;/m1../s1. The van der Waals surface area contributed by atoms with Crippen LogP contribution in [0.25, 0.3) is 0 Å². The van der Waals surface area contributed by atoms with E-state index >= 15 is 0 Å². The van der Waals surface area contributed by atoms with Crippen LogP contribution in [0.1, 0.15) is 18.7 Å². The molecule has 0 spiro atoms. The Labute approximate surface area is 90.5 Å². The van der Waals surface area contributed by atoms with Crippen molar-refractivity contribution in [2.45, 2.75) is 13.0 Å². The van der Waals surface area contributed by atoms with E-state index in [2.05, 4.69) is 4.98 Å². The van der Waals surface area contributed by atoms with E-state index < -0.39 is 0 Å². The van der Waals surface area contributed by atoms with Crippen LogP contribution in [0.2, 0.25) is 0 Å². The molecule has 0 saturated carbocycles. The Morgan fingerprint density at radius 3 is 2.46 bits per heavy atom. The van der Waals surface area contributed by atoms with Gasteiger partial charge in [-0.3, -0.25) is 0 Å². The zero-order valence-electron chi connectivity index (χ0n) is 7.56. The van der Waals surface area contributed by atoms with Gasteiger partial charge in [-0.1, -0.05) is 6.07 Å². The molecule has 1 rings (SSSR count). The van der Waals surface area contributed by atoms with Crippen molar-refractivity contribution in [3.05, 3.63) is 23.9 Å². The summed E-state index contributed by atoms with van der Waals surface area (Å²) in [7, 11) is 1.59. The van der Waals surface area contributed by atoms with Gasteiger partial charge in [0.15, 0.2) is 0 Å². The number of aromatic nitrogens is 1. The second kappa shape index (κ2) is 6.95. The largest absolute Gasteiger partial charge is 0.481 e. The fourth-order valence-corrected chi connectivity index (χ4v) is 0.798. The Morgan fingerprint density at radius 1 is 1.38 bits per heavy atom. The summed E-state index contributed by atoms with van der Waals surface area (Å²) in [6.45, 7) is 1.89. The molecule has 1 aromatic rings. The minimum Gasteiger partial charge on any atom is -0.481 e. The van der Waals surface area contributed by atoms with Gasteiger partial charge in [0.05, 0.1) is 12.8 Å². The smallest absolute Gasteiger partial charge is 0.213 e. The Balaban J connectivity index is 0. The maximum absolute atomic E-state index is 5.62. The van der Waals surface area contributed by atoms with Gasteiger partial charge in [0.2, 0.25) is 5.88 Å². The van der Waals surface area contributed by atoms with Crippen molar-refractivity contribution in [3.8, 4) is 5.88 Å². The maximum atomic E-state index is 5.62. The van der Waals surface area contributed by atoms with Crippen molar-refractivity contribution in [2.24, 2.45) is 5.73 Å². The van der Waals surface area contributed by atoms with Crippen LogP contribution in [0, 0.1) is 0 Å². The van der Waals surface area contributed by atoms with Gasteiger partial charge in [-0.2, -0.15) is 0 Å². The fraction of sp³-hybridized carbons (Fsp3) is 0.375. The van der Waals surface area contributed by atoms with Crippen molar-refractivity contribution in [1.29, 1.82) is 0 Å². The first kappa shape index (κ1) is 15.0. The number of rotatable bonds is 2. The van der Waals surface area contributed by atoms with E-state index in [4.69, 9.17) is 10.5 Å². The lowest BCUT2D eigenvalue weighted by atomic mass is 10.2. The molecule has 0 aliphatic rings. The van der Waals surface area contributed by atoms with E-state index in [-0.39, 0.29) is 30.9 Å². The molecule has 0 unspecified atom stereocenters. The molecule has 1 aromatic heterocycles. The quantitative estimate of drug-likeness (QED) is 0.836. The van der Waals surface area contributed by atoms with Gasteiger partial charge < -0.3 is 10.5 Å². The number of nitrogens with zero attached hydrogens (tertiary/aromatic N) is 1. The molecule has 0 aromatic carbocycles. The van der Waals surface area contributed by atoms with Crippen LogP contribution in [0.4, 0.5) is 0 Å². The molecule has 0 amide bonds. The molecule has 13 heavy (non-hydrogen) atoms. The van der Waals surface area contributed by atoms with E-state index in [1.807, 2.05) is 19.1 Å². The van der Waals surface area contributed by atoms with Gasteiger partial charge in [-0.25, -0.2) is 4.98 Å². The summed E-state index contributed by atoms with van der Waals surface area (Å²) in [5, 5.41) is 0. The van der Waals surface area contributed by atoms with Crippen LogP contribution in [0.3, 0.4) is 0 Å². The third-order valence-corrected chi connectivity index (χ3v) is 1.42. The number of pyridine rings is 1. The summed E-state index contributed by atoms with van der Waals surface area (Å²) >= 11 is 0. The van der Waals surface area contributed by atoms with E-state index in [1.165, 1.54) is 0 Å². The zero-order chi connectivity index (χ0) is 8.27. The third-order valence-electron chi connectivity index (χ3n) is 1.42. The van der Waals surface area contributed by atoms with Crippen LogP contribution in [-0.4, -0.2) is 12.1 Å². The lowest BCUT2D eigenvalue weighted by Gasteiger charge is -2.05.